The van der Waals surface area contributed by atoms with Crippen molar-refractivity contribution in [1.82, 2.24) is 20.0 Å². The third-order valence-electron chi connectivity index (χ3n) is 7.46. The second-order valence-corrected chi connectivity index (χ2v) is 10.3. The molecule has 0 saturated carbocycles. The fourth-order valence-electron chi connectivity index (χ4n) is 5.24. The maximum Gasteiger partial charge on any atom is 0.320 e. The molecule has 3 heterocycles. The van der Waals surface area contributed by atoms with E-state index in [1.54, 1.807) is 24.9 Å². The van der Waals surface area contributed by atoms with Crippen molar-refractivity contribution in [3.8, 4) is 0 Å². The van der Waals surface area contributed by atoms with Crippen molar-refractivity contribution in [3.05, 3.63) is 77.7 Å². The Morgan fingerprint density at radius 3 is 2.77 bits per heavy atom. The number of likely N-dealkylation sites (tertiary alicyclic amines) is 1. The molecule has 1 fully saturated rings. The molecular weight excluding hydrogens is 514 g/mol. The molecule has 40 heavy (non-hydrogen) atoms. The number of carbonyl (C=O) groups is 1. The Morgan fingerprint density at radius 1 is 1.20 bits per heavy atom. The average Bonchev–Trinajstić information content (AvgIpc) is 3.50. The summed E-state index contributed by atoms with van der Waals surface area (Å²) in [6.07, 6.45) is 11.7. The lowest BCUT2D eigenvalue weighted by molar-refractivity contribution is 0.159. The highest BCUT2D eigenvalue weighted by Crippen LogP contribution is 2.31. The molecule has 1 aromatic heterocycles. The number of hydrogen-bond donors (Lipinski definition) is 2. The molecule has 3 unspecified atom stereocenters. The van der Waals surface area contributed by atoms with Crippen LogP contribution in [0.2, 0.25) is 0 Å². The number of anilines is 1. The maximum atomic E-state index is 14.0. The average molecular weight is 553 g/mol. The Bertz CT molecular complexity index is 1320. The first-order valence-corrected chi connectivity index (χ1v) is 13.6. The van der Waals surface area contributed by atoms with Crippen molar-refractivity contribution in [2.24, 2.45) is 18.0 Å². The third-order valence-corrected chi connectivity index (χ3v) is 7.46. The highest BCUT2D eigenvalue weighted by atomic mass is 19.2. The van der Waals surface area contributed by atoms with Gasteiger partial charge in [-0.1, -0.05) is 31.2 Å². The summed E-state index contributed by atoms with van der Waals surface area (Å²) in [4.78, 5) is 19.7. The van der Waals surface area contributed by atoms with Gasteiger partial charge in [0, 0.05) is 57.7 Å². The number of methoxy groups -OCH3 is 1. The van der Waals surface area contributed by atoms with Gasteiger partial charge in [0.15, 0.2) is 11.6 Å². The fraction of sp³-hybridized carbons (Fsp3) is 0.433. The summed E-state index contributed by atoms with van der Waals surface area (Å²) in [6, 6.07) is 5.12. The largest absolute Gasteiger partial charge is 0.383 e. The van der Waals surface area contributed by atoms with E-state index < -0.39 is 11.6 Å². The van der Waals surface area contributed by atoms with E-state index in [0.717, 1.165) is 35.9 Å². The van der Waals surface area contributed by atoms with E-state index in [2.05, 4.69) is 39.6 Å². The molecule has 2 amide bonds. The molecule has 1 aromatic carbocycles. The van der Waals surface area contributed by atoms with Crippen LogP contribution in [0.15, 0.2) is 59.8 Å². The SMILES string of the molecule is CCC1CC=CN=C(C)C=CC=C1c1cc(NC(=O)NC2CN(CCOC)CC2c2ccc(F)c(F)c2)n(C)n1. The van der Waals surface area contributed by atoms with Crippen LogP contribution in [-0.2, 0) is 11.8 Å². The summed E-state index contributed by atoms with van der Waals surface area (Å²) in [6.45, 7) is 6.45. The van der Waals surface area contributed by atoms with E-state index in [9.17, 15) is 13.6 Å². The van der Waals surface area contributed by atoms with E-state index in [1.807, 2.05) is 31.3 Å². The highest BCUT2D eigenvalue weighted by molar-refractivity contribution is 5.93. The van der Waals surface area contributed by atoms with Crippen LogP contribution in [0.5, 0.6) is 0 Å². The molecule has 2 aliphatic heterocycles. The van der Waals surface area contributed by atoms with Crippen LogP contribution < -0.4 is 10.6 Å². The van der Waals surface area contributed by atoms with Gasteiger partial charge in [0.25, 0.3) is 0 Å². The van der Waals surface area contributed by atoms with Gasteiger partial charge in [0.2, 0.25) is 0 Å². The van der Waals surface area contributed by atoms with Gasteiger partial charge >= 0.3 is 6.03 Å². The lowest BCUT2D eigenvalue weighted by Gasteiger charge is -2.20. The summed E-state index contributed by atoms with van der Waals surface area (Å²) in [5, 5.41) is 10.7. The minimum Gasteiger partial charge on any atom is -0.383 e. The second-order valence-electron chi connectivity index (χ2n) is 10.3. The number of rotatable bonds is 8. The zero-order valence-electron chi connectivity index (χ0n) is 23.5. The van der Waals surface area contributed by atoms with Crippen LogP contribution in [0, 0.1) is 17.6 Å². The van der Waals surface area contributed by atoms with Crippen LogP contribution in [-0.4, -0.2) is 65.8 Å². The van der Waals surface area contributed by atoms with E-state index >= 15 is 0 Å². The molecule has 0 aliphatic carbocycles. The normalized spacial score (nSPS) is 21.7. The quantitative estimate of drug-likeness (QED) is 0.467. The van der Waals surface area contributed by atoms with Crippen molar-refractivity contribution in [1.29, 1.82) is 0 Å². The first-order valence-electron chi connectivity index (χ1n) is 13.6. The number of nitrogens with zero attached hydrogens (tertiary/aromatic N) is 4. The standard InChI is InChI=1S/C30H38F2N6O2/c1-5-21-9-7-13-33-20(2)8-6-10-23(21)27-17-29(37(3)36-27)35-30(39)34-28-19-38(14-15-40-4)18-24(28)22-11-12-25(31)26(32)16-22/h6-8,10-13,16-17,21,24,28H,5,9,14-15,18-19H2,1-4H3,(H2,34,35,39). The van der Waals surface area contributed by atoms with Gasteiger partial charge in [-0.05, 0) is 55.0 Å². The number of amides is 2. The lowest BCUT2D eigenvalue weighted by Crippen LogP contribution is -2.42. The monoisotopic (exact) mass is 552 g/mol. The smallest absolute Gasteiger partial charge is 0.320 e. The third kappa shape index (κ3) is 7.31. The van der Waals surface area contributed by atoms with E-state index in [4.69, 9.17) is 9.84 Å². The number of hydrogen-bond acceptors (Lipinski definition) is 5. The number of halogens is 2. The molecule has 0 spiro atoms. The van der Waals surface area contributed by atoms with Gasteiger partial charge in [-0.3, -0.25) is 19.9 Å². The number of aromatic nitrogens is 2. The Labute approximate surface area is 234 Å². The Balaban J connectivity index is 1.51. The molecule has 4 rings (SSSR count). The number of allylic oxidation sites excluding steroid dienone is 5. The molecule has 8 nitrogen and oxygen atoms in total. The number of nitrogens with one attached hydrogen (secondary N) is 2. The van der Waals surface area contributed by atoms with Gasteiger partial charge in [0.05, 0.1) is 18.3 Å². The minimum absolute atomic E-state index is 0.204. The summed E-state index contributed by atoms with van der Waals surface area (Å²) in [5.41, 5.74) is 3.44. The molecule has 0 bridgehead atoms. The van der Waals surface area contributed by atoms with Crippen LogP contribution in [0.1, 0.15) is 43.9 Å². The number of aryl methyl sites for hydroxylation is 1. The van der Waals surface area contributed by atoms with Crippen LogP contribution in [0.4, 0.5) is 19.4 Å². The number of carbonyl (C=O) groups excluding carboxylic acids is 1. The first-order chi connectivity index (χ1) is 19.3. The molecule has 3 atom stereocenters. The van der Waals surface area contributed by atoms with Crippen molar-refractivity contribution < 1.29 is 18.3 Å². The molecule has 2 N–H and O–H groups in total. The summed E-state index contributed by atoms with van der Waals surface area (Å²) < 4.78 is 34.5. The number of ether oxygens (including phenoxy) is 1. The zero-order chi connectivity index (χ0) is 28.6. The van der Waals surface area contributed by atoms with Crippen molar-refractivity contribution in [3.63, 3.8) is 0 Å². The molecule has 2 aliphatic rings. The molecule has 214 valence electrons. The lowest BCUT2D eigenvalue weighted by atomic mass is 9.90. The molecule has 1 saturated heterocycles. The Hall–Kier alpha value is -3.63. The van der Waals surface area contributed by atoms with Gasteiger partial charge in [-0.25, -0.2) is 13.6 Å². The maximum absolute atomic E-state index is 14.0. The number of aliphatic imine (C=N–C) groups is 1. The van der Waals surface area contributed by atoms with Gasteiger partial charge in [-0.15, -0.1) is 0 Å². The molecule has 10 heteroatoms. The molecule has 0 radical (unpaired) electrons. The number of benzene rings is 1. The van der Waals surface area contributed by atoms with E-state index in [1.165, 1.54) is 6.07 Å². The fourth-order valence-corrected chi connectivity index (χ4v) is 5.24. The highest BCUT2D eigenvalue weighted by Gasteiger charge is 2.35. The second kappa shape index (κ2) is 13.6. The van der Waals surface area contributed by atoms with Gasteiger partial charge in [0.1, 0.15) is 5.82 Å². The summed E-state index contributed by atoms with van der Waals surface area (Å²) >= 11 is 0. The van der Waals surface area contributed by atoms with E-state index in [0.29, 0.717) is 37.6 Å². The summed E-state index contributed by atoms with van der Waals surface area (Å²) in [7, 11) is 3.42. The van der Waals surface area contributed by atoms with Crippen molar-refractivity contribution in [2.45, 2.75) is 38.6 Å². The predicted octanol–water partition coefficient (Wildman–Crippen LogP) is 5.28. The summed E-state index contributed by atoms with van der Waals surface area (Å²) in [5.74, 6) is -1.19. The Morgan fingerprint density at radius 2 is 2.02 bits per heavy atom. The Kier molecular flexibility index (Phi) is 10.0. The van der Waals surface area contributed by atoms with Crippen LogP contribution >= 0.6 is 0 Å². The van der Waals surface area contributed by atoms with Crippen molar-refractivity contribution in [2.75, 3.05) is 38.7 Å². The first kappa shape index (κ1) is 29.4. The van der Waals surface area contributed by atoms with Crippen LogP contribution in [0.25, 0.3) is 5.57 Å². The molecule has 2 aromatic rings. The van der Waals surface area contributed by atoms with Crippen molar-refractivity contribution >= 4 is 23.1 Å². The topological polar surface area (TPSA) is 83.8 Å². The van der Waals surface area contributed by atoms with Crippen LogP contribution in [0.3, 0.4) is 0 Å². The minimum atomic E-state index is -0.897. The predicted molar refractivity (Wildman–Crippen MR) is 154 cm³/mol. The molecular formula is C30H38F2N6O2. The van der Waals surface area contributed by atoms with Gasteiger partial charge < -0.3 is 10.1 Å². The number of urea groups is 1. The zero-order valence-corrected chi connectivity index (χ0v) is 23.5. The van der Waals surface area contributed by atoms with E-state index in [-0.39, 0.29) is 23.9 Å². The van der Waals surface area contributed by atoms with Gasteiger partial charge in [-0.2, -0.15) is 5.10 Å².